The van der Waals surface area contributed by atoms with Gasteiger partial charge in [0, 0.05) is 36.6 Å². The van der Waals surface area contributed by atoms with Crippen molar-refractivity contribution < 1.29 is 18.0 Å². The molecule has 0 aliphatic heterocycles. The Hall–Kier alpha value is -2.29. The van der Waals surface area contributed by atoms with Gasteiger partial charge in [0.25, 0.3) is 0 Å². The number of nitrogens with one attached hydrogen (secondary N) is 1. The van der Waals surface area contributed by atoms with Crippen molar-refractivity contribution in [1.82, 2.24) is 10.2 Å². The number of hydrogen-bond donors (Lipinski definition) is 1. The van der Waals surface area contributed by atoms with Gasteiger partial charge < -0.3 is 10.2 Å². The van der Waals surface area contributed by atoms with Crippen LogP contribution in [0.15, 0.2) is 42.5 Å². The average molecular weight is 529 g/mol. The molecule has 0 spiro atoms. The summed E-state index contributed by atoms with van der Waals surface area (Å²) in [7, 11) is -2.06. The summed E-state index contributed by atoms with van der Waals surface area (Å²) in [5, 5.41) is 3.63. The standard InChI is InChI=1S/C24H31Cl2N3O4S/c1-5-21(24(31)27-3)28(16-18-9-12-19(25)13-10-18)23(30)7-6-14-29(34(4,32)33)22-15-20(26)11-8-17(22)2/h8-13,15,21H,5-7,14,16H2,1-4H3,(H,27,31)/t21-/m0/s1. The Balaban J connectivity index is 2.21. The van der Waals surface area contributed by atoms with Crippen molar-refractivity contribution in [3.8, 4) is 0 Å². The molecule has 2 aromatic carbocycles. The first-order valence-corrected chi connectivity index (χ1v) is 13.6. The zero-order chi connectivity index (χ0) is 25.5. The number of hydrogen-bond acceptors (Lipinski definition) is 4. The van der Waals surface area contributed by atoms with Crippen LogP contribution in [0.3, 0.4) is 0 Å². The second kappa shape index (κ2) is 12.4. The number of sulfonamides is 1. The smallest absolute Gasteiger partial charge is 0.242 e. The van der Waals surface area contributed by atoms with E-state index in [1.165, 1.54) is 16.3 Å². The number of aryl methyl sites for hydroxylation is 1. The average Bonchev–Trinajstić information content (AvgIpc) is 2.78. The molecule has 2 rings (SSSR count). The minimum absolute atomic E-state index is 0.0761. The number of carbonyl (C=O) groups excluding carboxylic acids is 2. The minimum atomic E-state index is -3.59. The Labute approximate surface area is 212 Å². The van der Waals surface area contributed by atoms with E-state index < -0.39 is 16.1 Å². The molecular weight excluding hydrogens is 497 g/mol. The maximum atomic E-state index is 13.3. The Bertz CT molecular complexity index is 1110. The maximum absolute atomic E-state index is 13.3. The highest BCUT2D eigenvalue weighted by Gasteiger charge is 2.28. The number of halogens is 2. The van der Waals surface area contributed by atoms with Gasteiger partial charge in [0.1, 0.15) is 6.04 Å². The Kier molecular flexibility index (Phi) is 10.2. The molecule has 34 heavy (non-hydrogen) atoms. The largest absolute Gasteiger partial charge is 0.357 e. The summed E-state index contributed by atoms with van der Waals surface area (Å²) in [6, 6.07) is 11.5. The predicted molar refractivity (Wildman–Crippen MR) is 138 cm³/mol. The monoisotopic (exact) mass is 527 g/mol. The predicted octanol–water partition coefficient (Wildman–Crippen LogP) is 4.40. The molecule has 0 aromatic heterocycles. The molecule has 186 valence electrons. The summed E-state index contributed by atoms with van der Waals surface area (Å²) in [5.41, 5.74) is 2.08. The summed E-state index contributed by atoms with van der Waals surface area (Å²) < 4.78 is 26.2. The zero-order valence-corrected chi connectivity index (χ0v) is 22.2. The minimum Gasteiger partial charge on any atom is -0.357 e. The summed E-state index contributed by atoms with van der Waals surface area (Å²) >= 11 is 12.1. The highest BCUT2D eigenvalue weighted by atomic mass is 35.5. The number of anilines is 1. The van der Waals surface area contributed by atoms with E-state index in [1.807, 2.05) is 19.1 Å². The molecule has 0 aliphatic carbocycles. The van der Waals surface area contributed by atoms with Crippen LogP contribution in [-0.4, -0.2) is 51.0 Å². The lowest BCUT2D eigenvalue weighted by atomic mass is 10.1. The van der Waals surface area contributed by atoms with Crippen LogP contribution in [0.25, 0.3) is 0 Å². The summed E-state index contributed by atoms with van der Waals surface area (Å²) in [4.78, 5) is 27.3. The molecule has 0 radical (unpaired) electrons. The number of carbonyl (C=O) groups is 2. The second-order valence-corrected chi connectivity index (χ2v) is 10.8. The van der Waals surface area contributed by atoms with E-state index in [0.29, 0.717) is 22.2 Å². The van der Waals surface area contributed by atoms with Gasteiger partial charge in [-0.3, -0.25) is 13.9 Å². The third-order valence-corrected chi connectivity index (χ3v) is 7.16. The van der Waals surface area contributed by atoms with Gasteiger partial charge >= 0.3 is 0 Å². The summed E-state index contributed by atoms with van der Waals surface area (Å²) in [6.07, 6.45) is 1.92. The van der Waals surface area contributed by atoms with Crippen LogP contribution >= 0.6 is 23.2 Å². The van der Waals surface area contributed by atoms with Crippen molar-refractivity contribution in [3.05, 3.63) is 63.6 Å². The van der Waals surface area contributed by atoms with Gasteiger partial charge in [0.05, 0.1) is 11.9 Å². The van der Waals surface area contributed by atoms with Crippen molar-refractivity contribution in [1.29, 1.82) is 0 Å². The SMILES string of the molecule is CC[C@@H](C(=O)NC)N(Cc1ccc(Cl)cc1)C(=O)CCCN(c1cc(Cl)ccc1C)S(C)(=O)=O. The lowest BCUT2D eigenvalue weighted by molar-refractivity contribution is -0.141. The molecule has 0 bridgehead atoms. The fourth-order valence-electron chi connectivity index (χ4n) is 3.71. The molecule has 0 heterocycles. The molecule has 7 nitrogen and oxygen atoms in total. The highest BCUT2D eigenvalue weighted by Crippen LogP contribution is 2.27. The van der Waals surface area contributed by atoms with E-state index in [0.717, 1.165) is 17.4 Å². The highest BCUT2D eigenvalue weighted by molar-refractivity contribution is 7.92. The third-order valence-electron chi connectivity index (χ3n) is 5.49. The molecular formula is C24H31Cl2N3O4S. The van der Waals surface area contributed by atoms with Crippen molar-refractivity contribution in [2.24, 2.45) is 0 Å². The van der Waals surface area contributed by atoms with Gasteiger partial charge in [-0.25, -0.2) is 8.42 Å². The lowest BCUT2D eigenvalue weighted by Crippen LogP contribution is -2.48. The molecule has 0 aliphatic rings. The first-order chi connectivity index (χ1) is 16.0. The molecule has 0 saturated carbocycles. The Morgan fingerprint density at radius 2 is 1.68 bits per heavy atom. The Morgan fingerprint density at radius 1 is 1.06 bits per heavy atom. The van der Waals surface area contributed by atoms with Crippen LogP contribution in [0.5, 0.6) is 0 Å². The van der Waals surface area contributed by atoms with E-state index in [4.69, 9.17) is 23.2 Å². The normalized spacial score (nSPS) is 12.2. The van der Waals surface area contributed by atoms with E-state index in [2.05, 4.69) is 5.32 Å². The number of likely N-dealkylation sites (N-methyl/N-ethyl adjacent to an activating group) is 1. The summed E-state index contributed by atoms with van der Waals surface area (Å²) in [6.45, 7) is 4.00. The number of rotatable bonds is 11. The molecule has 2 aromatic rings. The molecule has 10 heteroatoms. The van der Waals surface area contributed by atoms with Crippen LogP contribution in [0.4, 0.5) is 5.69 Å². The van der Waals surface area contributed by atoms with Crippen molar-refractivity contribution in [2.45, 2.75) is 45.7 Å². The van der Waals surface area contributed by atoms with E-state index in [1.54, 1.807) is 37.3 Å². The quantitative estimate of drug-likeness (QED) is 0.469. The van der Waals surface area contributed by atoms with Gasteiger partial charge in [-0.1, -0.05) is 48.3 Å². The van der Waals surface area contributed by atoms with Crippen molar-refractivity contribution >= 4 is 50.7 Å². The maximum Gasteiger partial charge on any atom is 0.242 e. The zero-order valence-electron chi connectivity index (χ0n) is 19.8. The van der Waals surface area contributed by atoms with Crippen molar-refractivity contribution in [3.63, 3.8) is 0 Å². The van der Waals surface area contributed by atoms with Gasteiger partial charge in [-0.2, -0.15) is 0 Å². The number of amides is 2. The van der Waals surface area contributed by atoms with E-state index >= 15 is 0 Å². The van der Waals surface area contributed by atoms with Crippen LogP contribution in [0, 0.1) is 6.92 Å². The number of benzene rings is 2. The first kappa shape index (κ1) is 28.0. The van der Waals surface area contributed by atoms with Crippen LogP contribution in [0.2, 0.25) is 10.0 Å². The third kappa shape index (κ3) is 7.61. The molecule has 2 amide bonds. The van der Waals surface area contributed by atoms with Crippen molar-refractivity contribution in [2.75, 3.05) is 24.2 Å². The van der Waals surface area contributed by atoms with Gasteiger partial charge in [0.2, 0.25) is 21.8 Å². The molecule has 0 fully saturated rings. The van der Waals surface area contributed by atoms with Gasteiger partial charge in [-0.15, -0.1) is 0 Å². The van der Waals surface area contributed by atoms with E-state index in [-0.39, 0.29) is 37.7 Å². The lowest BCUT2D eigenvalue weighted by Gasteiger charge is -2.31. The molecule has 0 unspecified atom stereocenters. The van der Waals surface area contributed by atoms with Crippen LogP contribution < -0.4 is 9.62 Å². The fraction of sp³-hybridized carbons (Fsp3) is 0.417. The van der Waals surface area contributed by atoms with Gasteiger partial charge in [0.15, 0.2) is 0 Å². The molecule has 0 saturated heterocycles. The number of nitrogens with zero attached hydrogens (tertiary/aromatic N) is 2. The van der Waals surface area contributed by atoms with Crippen LogP contribution in [-0.2, 0) is 26.2 Å². The topological polar surface area (TPSA) is 86.8 Å². The van der Waals surface area contributed by atoms with Crippen LogP contribution in [0.1, 0.15) is 37.3 Å². The Morgan fingerprint density at radius 3 is 2.24 bits per heavy atom. The first-order valence-electron chi connectivity index (χ1n) is 11.0. The summed E-state index contributed by atoms with van der Waals surface area (Å²) in [5.74, 6) is -0.487. The second-order valence-electron chi connectivity index (χ2n) is 8.06. The molecule has 1 N–H and O–H groups in total. The molecule has 1 atom stereocenters. The van der Waals surface area contributed by atoms with E-state index in [9.17, 15) is 18.0 Å². The van der Waals surface area contributed by atoms with Gasteiger partial charge in [-0.05, 0) is 55.2 Å². The fourth-order valence-corrected chi connectivity index (χ4v) is 5.01.